The van der Waals surface area contributed by atoms with E-state index in [2.05, 4.69) is 9.47 Å². The topological polar surface area (TPSA) is 61.5 Å². The van der Waals surface area contributed by atoms with Crippen LogP contribution in [0.4, 0.5) is 18.9 Å². The second kappa shape index (κ2) is 5.97. The van der Waals surface area contributed by atoms with E-state index < -0.39 is 12.3 Å². The number of nitrogen functional groups attached to an aromatic ring is 1. The summed E-state index contributed by atoms with van der Waals surface area (Å²) in [5.74, 6) is -1.000. The zero-order chi connectivity index (χ0) is 16.3. The number of carbonyl (C=O) groups excluding carboxylic acids is 1. The molecular formula is C15H12F3NO3. The van der Waals surface area contributed by atoms with Crippen LogP contribution < -0.4 is 10.5 Å². The highest BCUT2D eigenvalue weighted by atomic mass is 19.4. The second-order valence-corrected chi connectivity index (χ2v) is 4.37. The minimum atomic E-state index is -4.79. The van der Waals surface area contributed by atoms with Crippen molar-refractivity contribution in [2.45, 2.75) is 6.36 Å². The largest absolute Gasteiger partial charge is 0.573 e. The van der Waals surface area contributed by atoms with E-state index in [4.69, 9.17) is 5.73 Å². The van der Waals surface area contributed by atoms with Gasteiger partial charge in [-0.25, -0.2) is 4.79 Å². The molecule has 2 aromatic rings. The minimum absolute atomic E-state index is 0.195. The van der Waals surface area contributed by atoms with Crippen molar-refractivity contribution in [2.24, 2.45) is 0 Å². The van der Waals surface area contributed by atoms with Crippen LogP contribution in [-0.2, 0) is 4.74 Å². The lowest BCUT2D eigenvalue weighted by atomic mass is 9.99. The zero-order valence-corrected chi connectivity index (χ0v) is 11.5. The average Bonchev–Trinajstić information content (AvgIpc) is 2.45. The SMILES string of the molecule is COC(=O)c1ccc(N)cc1-c1cccc(OC(F)(F)F)c1. The van der Waals surface area contributed by atoms with Crippen LogP contribution in [0.25, 0.3) is 11.1 Å². The van der Waals surface area contributed by atoms with Gasteiger partial charge in [0.25, 0.3) is 0 Å². The maximum atomic E-state index is 12.3. The van der Waals surface area contributed by atoms with Crippen molar-refractivity contribution in [2.75, 3.05) is 12.8 Å². The molecule has 0 aromatic heterocycles. The van der Waals surface area contributed by atoms with Gasteiger partial charge in [0.2, 0.25) is 0 Å². The molecular weight excluding hydrogens is 299 g/mol. The van der Waals surface area contributed by atoms with E-state index in [-0.39, 0.29) is 11.3 Å². The third-order valence-corrected chi connectivity index (χ3v) is 2.83. The lowest BCUT2D eigenvalue weighted by molar-refractivity contribution is -0.274. The maximum Gasteiger partial charge on any atom is 0.573 e. The predicted molar refractivity (Wildman–Crippen MR) is 74.3 cm³/mol. The molecule has 2 aromatic carbocycles. The quantitative estimate of drug-likeness (QED) is 0.694. The Kier molecular flexibility index (Phi) is 4.25. The molecule has 0 spiro atoms. The summed E-state index contributed by atoms with van der Waals surface area (Å²) in [4.78, 5) is 11.8. The van der Waals surface area contributed by atoms with Crippen molar-refractivity contribution in [1.29, 1.82) is 0 Å². The summed E-state index contributed by atoms with van der Waals surface area (Å²) in [6.45, 7) is 0. The molecule has 116 valence electrons. The number of alkyl halides is 3. The molecule has 2 rings (SSSR count). The maximum absolute atomic E-state index is 12.3. The van der Waals surface area contributed by atoms with E-state index in [1.54, 1.807) is 6.07 Å². The summed E-state index contributed by atoms with van der Waals surface area (Å²) in [6, 6.07) is 9.72. The Morgan fingerprint density at radius 3 is 2.50 bits per heavy atom. The monoisotopic (exact) mass is 311 g/mol. The molecule has 0 heterocycles. The number of hydrogen-bond acceptors (Lipinski definition) is 4. The molecule has 0 saturated carbocycles. The highest BCUT2D eigenvalue weighted by Crippen LogP contribution is 2.31. The van der Waals surface area contributed by atoms with Gasteiger partial charge < -0.3 is 15.2 Å². The summed E-state index contributed by atoms with van der Waals surface area (Å²) in [5.41, 5.74) is 6.96. The summed E-state index contributed by atoms with van der Waals surface area (Å²) in [7, 11) is 1.21. The smallest absolute Gasteiger partial charge is 0.465 e. The van der Waals surface area contributed by atoms with Crippen molar-refractivity contribution < 1.29 is 27.4 Å². The van der Waals surface area contributed by atoms with Crippen LogP contribution in [0.5, 0.6) is 5.75 Å². The molecule has 0 amide bonds. The lowest BCUT2D eigenvalue weighted by Crippen LogP contribution is -2.17. The lowest BCUT2D eigenvalue weighted by Gasteiger charge is -2.12. The highest BCUT2D eigenvalue weighted by molar-refractivity contribution is 5.98. The number of rotatable bonds is 3. The number of halogens is 3. The number of methoxy groups -OCH3 is 1. The zero-order valence-electron chi connectivity index (χ0n) is 11.5. The normalized spacial score (nSPS) is 11.1. The minimum Gasteiger partial charge on any atom is -0.465 e. The Morgan fingerprint density at radius 1 is 1.14 bits per heavy atom. The second-order valence-electron chi connectivity index (χ2n) is 4.37. The fourth-order valence-corrected chi connectivity index (χ4v) is 1.95. The predicted octanol–water partition coefficient (Wildman–Crippen LogP) is 3.62. The van der Waals surface area contributed by atoms with Gasteiger partial charge in [0.1, 0.15) is 5.75 Å². The van der Waals surface area contributed by atoms with Crippen molar-refractivity contribution in [1.82, 2.24) is 0 Å². The van der Waals surface area contributed by atoms with Gasteiger partial charge in [0, 0.05) is 5.69 Å². The number of esters is 1. The molecule has 7 heteroatoms. The Labute approximate surface area is 124 Å². The number of ether oxygens (including phenoxy) is 2. The molecule has 0 unspecified atom stereocenters. The summed E-state index contributed by atoms with van der Waals surface area (Å²) < 4.78 is 45.4. The van der Waals surface area contributed by atoms with Gasteiger partial charge in [-0.2, -0.15) is 0 Å². The van der Waals surface area contributed by atoms with Crippen molar-refractivity contribution in [3.05, 3.63) is 48.0 Å². The molecule has 4 nitrogen and oxygen atoms in total. The van der Waals surface area contributed by atoms with Gasteiger partial charge in [-0.3, -0.25) is 0 Å². The molecule has 0 atom stereocenters. The van der Waals surface area contributed by atoms with Crippen LogP contribution in [0.2, 0.25) is 0 Å². The van der Waals surface area contributed by atoms with E-state index in [0.717, 1.165) is 0 Å². The van der Waals surface area contributed by atoms with Gasteiger partial charge in [-0.05, 0) is 41.5 Å². The molecule has 22 heavy (non-hydrogen) atoms. The van der Waals surface area contributed by atoms with Crippen LogP contribution in [0, 0.1) is 0 Å². The van der Waals surface area contributed by atoms with Gasteiger partial charge in [0.15, 0.2) is 0 Å². The van der Waals surface area contributed by atoms with Crippen molar-refractivity contribution in [3.8, 4) is 16.9 Å². The van der Waals surface area contributed by atoms with E-state index >= 15 is 0 Å². The number of nitrogens with two attached hydrogens (primary N) is 1. The van der Waals surface area contributed by atoms with Crippen LogP contribution in [0.3, 0.4) is 0 Å². The summed E-state index contributed by atoms with van der Waals surface area (Å²) in [6.07, 6.45) is -4.79. The molecule has 2 N–H and O–H groups in total. The molecule has 0 radical (unpaired) electrons. The van der Waals surface area contributed by atoms with Gasteiger partial charge in [-0.15, -0.1) is 13.2 Å². The molecule has 0 saturated heterocycles. The molecule has 0 aliphatic carbocycles. The van der Waals surface area contributed by atoms with Crippen molar-refractivity contribution in [3.63, 3.8) is 0 Å². The van der Waals surface area contributed by atoms with Crippen LogP contribution in [0.15, 0.2) is 42.5 Å². The van der Waals surface area contributed by atoms with Crippen LogP contribution >= 0.6 is 0 Å². The molecule has 0 fully saturated rings. The standard InChI is InChI=1S/C15H12F3NO3/c1-21-14(20)12-6-5-10(19)8-13(12)9-3-2-4-11(7-9)22-15(16,17)18/h2-8H,19H2,1H3. The third-order valence-electron chi connectivity index (χ3n) is 2.83. The average molecular weight is 311 g/mol. The Balaban J connectivity index is 2.50. The Morgan fingerprint density at radius 2 is 1.86 bits per heavy atom. The van der Waals surface area contributed by atoms with E-state index in [1.165, 1.54) is 43.5 Å². The Hall–Kier alpha value is -2.70. The first-order valence-electron chi connectivity index (χ1n) is 6.14. The third kappa shape index (κ3) is 3.69. The molecule has 0 aliphatic heterocycles. The van der Waals surface area contributed by atoms with Crippen molar-refractivity contribution >= 4 is 11.7 Å². The number of anilines is 1. The summed E-state index contributed by atoms with van der Waals surface area (Å²) in [5, 5.41) is 0. The van der Waals surface area contributed by atoms with Gasteiger partial charge >= 0.3 is 12.3 Å². The fourth-order valence-electron chi connectivity index (χ4n) is 1.95. The first-order chi connectivity index (χ1) is 10.3. The van der Waals surface area contributed by atoms with Crippen LogP contribution in [0.1, 0.15) is 10.4 Å². The van der Waals surface area contributed by atoms with Crippen LogP contribution in [-0.4, -0.2) is 19.4 Å². The molecule has 0 bridgehead atoms. The van der Waals surface area contributed by atoms with E-state index in [1.807, 2.05) is 0 Å². The van der Waals surface area contributed by atoms with Gasteiger partial charge in [-0.1, -0.05) is 12.1 Å². The highest BCUT2D eigenvalue weighted by Gasteiger charge is 2.31. The summed E-state index contributed by atoms with van der Waals surface area (Å²) >= 11 is 0. The van der Waals surface area contributed by atoms with E-state index in [9.17, 15) is 18.0 Å². The van der Waals surface area contributed by atoms with Gasteiger partial charge in [0.05, 0.1) is 12.7 Å². The van der Waals surface area contributed by atoms with E-state index in [0.29, 0.717) is 16.8 Å². The fraction of sp³-hybridized carbons (Fsp3) is 0.133. The number of hydrogen-bond donors (Lipinski definition) is 1. The first-order valence-corrected chi connectivity index (χ1v) is 6.14. The Bertz CT molecular complexity index is 699. The number of carbonyl (C=O) groups is 1. The first kappa shape index (κ1) is 15.7. The number of benzene rings is 2. The molecule has 0 aliphatic rings.